The number of likely N-dealkylation sites (N-methyl/N-ethyl adjacent to an activating group) is 1. The Bertz CT molecular complexity index is 461. The molecule has 0 spiro atoms. The zero-order valence-corrected chi connectivity index (χ0v) is 14.8. The number of nitrogens with one attached hydrogen (secondary N) is 1. The van der Waals surface area contributed by atoms with E-state index in [0.717, 1.165) is 38.2 Å². The van der Waals surface area contributed by atoms with Gasteiger partial charge in [0.15, 0.2) is 0 Å². The molecule has 1 unspecified atom stereocenters. The lowest BCUT2D eigenvalue weighted by atomic mass is 10.3. The molecule has 0 aliphatic rings. The van der Waals surface area contributed by atoms with Crippen molar-refractivity contribution in [3.05, 3.63) is 24.3 Å². The summed E-state index contributed by atoms with van der Waals surface area (Å²) in [5.74, 6) is 0.757. The Balaban J connectivity index is 2.45. The number of benzene rings is 1. The minimum atomic E-state index is -0.435. The summed E-state index contributed by atoms with van der Waals surface area (Å²) >= 11 is 0. The number of carbonyl (C=O) groups is 1. The number of hydrogen-bond donors (Lipinski definition) is 1. The zero-order chi connectivity index (χ0) is 17.1. The highest BCUT2D eigenvalue weighted by molar-refractivity contribution is 5.84. The molecular formula is C18H30N2O3. The molecular weight excluding hydrogens is 292 g/mol. The molecule has 0 fully saturated rings. The summed E-state index contributed by atoms with van der Waals surface area (Å²) in [5, 5.41) is 2.75. The number of unbranched alkanes of at least 4 members (excludes halogenated alkanes) is 1. The van der Waals surface area contributed by atoms with E-state index in [-0.39, 0.29) is 6.10 Å². The van der Waals surface area contributed by atoms with Crippen molar-refractivity contribution in [1.29, 1.82) is 0 Å². The third-order valence-corrected chi connectivity index (χ3v) is 3.57. The number of ether oxygens (including phenoxy) is 2. The van der Waals surface area contributed by atoms with E-state index in [1.807, 2.05) is 31.2 Å². The summed E-state index contributed by atoms with van der Waals surface area (Å²) in [4.78, 5) is 14.2. The van der Waals surface area contributed by atoms with Crippen LogP contribution < -0.4 is 10.1 Å². The highest BCUT2D eigenvalue weighted by Crippen LogP contribution is 2.18. The van der Waals surface area contributed by atoms with Gasteiger partial charge in [-0.05, 0) is 38.6 Å². The van der Waals surface area contributed by atoms with Crippen molar-refractivity contribution < 1.29 is 14.3 Å². The number of carbonyl (C=O) groups excluding carboxylic acids is 1. The Labute approximate surface area is 140 Å². The Morgan fingerprint density at radius 1 is 1.26 bits per heavy atom. The number of amides is 1. The Morgan fingerprint density at radius 2 is 2.00 bits per heavy atom. The van der Waals surface area contributed by atoms with Gasteiger partial charge in [-0.1, -0.05) is 33.3 Å². The van der Waals surface area contributed by atoms with E-state index in [2.05, 4.69) is 31.0 Å². The topological polar surface area (TPSA) is 50.8 Å². The van der Waals surface area contributed by atoms with Crippen LogP contribution in [0.5, 0.6) is 5.75 Å². The second kappa shape index (κ2) is 10.9. The molecule has 0 aliphatic heterocycles. The minimum Gasteiger partial charge on any atom is -0.494 e. The first kappa shape index (κ1) is 19.3. The first-order valence-corrected chi connectivity index (χ1v) is 8.51. The van der Waals surface area contributed by atoms with Crippen LogP contribution in [0.1, 0.15) is 40.5 Å². The largest absolute Gasteiger partial charge is 0.494 e. The average Bonchev–Trinajstić information content (AvgIpc) is 2.53. The molecule has 0 saturated heterocycles. The van der Waals surface area contributed by atoms with Crippen molar-refractivity contribution >= 4 is 11.8 Å². The molecule has 0 bridgehead atoms. The van der Waals surface area contributed by atoms with Gasteiger partial charge in [-0.15, -0.1) is 0 Å². The summed E-state index contributed by atoms with van der Waals surface area (Å²) in [5.41, 5.74) is 0.680. The predicted octanol–water partition coefficient (Wildman–Crippen LogP) is 4.14. The quantitative estimate of drug-likeness (QED) is 0.658. The molecule has 5 nitrogen and oxygen atoms in total. The summed E-state index contributed by atoms with van der Waals surface area (Å²) in [6.07, 6.45) is 1.52. The number of anilines is 1. The van der Waals surface area contributed by atoms with Gasteiger partial charge in [0.1, 0.15) is 11.9 Å². The minimum absolute atomic E-state index is 0.154. The molecule has 5 heteroatoms. The maximum atomic E-state index is 12.0. The molecule has 0 aromatic heterocycles. The summed E-state index contributed by atoms with van der Waals surface area (Å²) in [6.45, 7) is 11.5. The normalized spacial score (nSPS) is 12.0. The van der Waals surface area contributed by atoms with Crippen molar-refractivity contribution in [2.75, 3.05) is 31.6 Å². The van der Waals surface area contributed by atoms with Gasteiger partial charge in [0.25, 0.3) is 0 Å². The van der Waals surface area contributed by atoms with Gasteiger partial charge in [0.05, 0.1) is 6.61 Å². The van der Waals surface area contributed by atoms with E-state index < -0.39 is 6.09 Å². The van der Waals surface area contributed by atoms with Crippen LogP contribution in [-0.4, -0.2) is 43.3 Å². The SMILES string of the molecule is CCCCOc1cccc(NC(=O)OC(C)CN(CC)CC)c1. The van der Waals surface area contributed by atoms with Crippen LogP contribution >= 0.6 is 0 Å². The Morgan fingerprint density at radius 3 is 2.65 bits per heavy atom. The molecule has 130 valence electrons. The smallest absolute Gasteiger partial charge is 0.411 e. The molecule has 0 aliphatic carbocycles. The molecule has 1 aromatic carbocycles. The maximum Gasteiger partial charge on any atom is 0.411 e. The summed E-state index contributed by atoms with van der Waals surface area (Å²) in [6, 6.07) is 7.38. The third kappa shape index (κ3) is 7.88. The molecule has 1 aromatic rings. The van der Waals surface area contributed by atoms with E-state index in [0.29, 0.717) is 12.3 Å². The van der Waals surface area contributed by atoms with Crippen molar-refractivity contribution in [2.24, 2.45) is 0 Å². The van der Waals surface area contributed by atoms with Gasteiger partial charge in [-0.25, -0.2) is 4.79 Å². The molecule has 1 rings (SSSR count). The van der Waals surface area contributed by atoms with E-state index in [4.69, 9.17) is 9.47 Å². The Hall–Kier alpha value is -1.75. The second-order valence-corrected chi connectivity index (χ2v) is 5.56. The average molecular weight is 322 g/mol. The van der Waals surface area contributed by atoms with E-state index >= 15 is 0 Å². The lowest BCUT2D eigenvalue weighted by Gasteiger charge is -2.22. The lowest BCUT2D eigenvalue weighted by Crippen LogP contribution is -2.34. The highest BCUT2D eigenvalue weighted by atomic mass is 16.6. The monoisotopic (exact) mass is 322 g/mol. The van der Waals surface area contributed by atoms with Gasteiger partial charge < -0.3 is 14.4 Å². The van der Waals surface area contributed by atoms with Crippen LogP contribution in [0, 0.1) is 0 Å². The second-order valence-electron chi connectivity index (χ2n) is 5.56. The zero-order valence-electron chi connectivity index (χ0n) is 14.8. The van der Waals surface area contributed by atoms with Crippen molar-refractivity contribution in [3.8, 4) is 5.75 Å². The van der Waals surface area contributed by atoms with Gasteiger partial charge >= 0.3 is 6.09 Å². The van der Waals surface area contributed by atoms with Crippen LogP contribution in [-0.2, 0) is 4.74 Å². The first-order valence-electron chi connectivity index (χ1n) is 8.51. The standard InChI is InChI=1S/C18H30N2O3/c1-5-8-12-22-17-11-9-10-16(13-17)19-18(21)23-15(4)14-20(6-2)7-3/h9-11,13,15H,5-8,12,14H2,1-4H3,(H,19,21). The fourth-order valence-corrected chi connectivity index (χ4v) is 2.21. The van der Waals surface area contributed by atoms with Gasteiger partial charge in [-0.3, -0.25) is 5.32 Å². The predicted molar refractivity (Wildman–Crippen MR) is 94.2 cm³/mol. The van der Waals surface area contributed by atoms with Gasteiger partial charge in [0.2, 0.25) is 0 Å². The molecule has 0 saturated carbocycles. The van der Waals surface area contributed by atoms with Gasteiger partial charge in [-0.2, -0.15) is 0 Å². The van der Waals surface area contributed by atoms with Crippen molar-refractivity contribution in [1.82, 2.24) is 4.90 Å². The molecule has 23 heavy (non-hydrogen) atoms. The number of hydrogen-bond acceptors (Lipinski definition) is 4. The van der Waals surface area contributed by atoms with E-state index in [1.54, 1.807) is 0 Å². The van der Waals surface area contributed by atoms with E-state index in [1.165, 1.54) is 0 Å². The van der Waals surface area contributed by atoms with Crippen molar-refractivity contribution in [2.45, 2.75) is 46.6 Å². The van der Waals surface area contributed by atoms with Crippen LogP contribution in [0.15, 0.2) is 24.3 Å². The summed E-state index contributed by atoms with van der Waals surface area (Å²) in [7, 11) is 0. The van der Waals surface area contributed by atoms with Crippen molar-refractivity contribution in [3.63, 3.8) is 0 Å². The Kier molecular flexibility index (Phi) is 9.14. The molecule has 1 N–H and O–H groups in total. The molecule has 1 amide bonds. The number of nitrogens with zero attached hydrogens (tertiary/aromatic N) is 1. The van der Waals surface area contributed by atoms with Crippen LogP contribution in [0.4, 0.5) is 10.5 Å². The van der Waals surface area contributed by atoms with E-state index in [9.17, 15) is 4.79 Å². The fourth-order valence-electron chi connectivity index (χ4n) is 2.21. The van der Waals surface area contributed by atoms with Crippen LogP contribution in [0.3, 0.4) is 0 Å². The van der Waals surface area contributed by atoms with Crippen LogP contribution in [0.2, 0.25) is 0 Å². The third-order valence-electron chi connectivity index (χ3n) is 3.57. The maximum absolute atomic E-state index is 12.0. The van der Waals surface area contributed by atoms with Gasteiger partial charge in [0, 0.05) is 18.3 Å². The number of rotatable bonds is 10. The molecule has 1 atom stereocenters. The van der Waals surface area contributed by atoms with Crippen LogP contribution in [0.25, 0.3) is 0 Å². The lowest BCUT2D eigenvalue weighted by molar-refractivity contribution is 0.0929. The summed E-state index contributed by atoms with van der Waals surface area (Å²) < 4.78 is 11.0. The molecule has 0 heterocycles. The highest BCUT2D eigenvalue weighted by Gasteiger charge is 2.12. The molecule has 0 radical (unpaired) electrons. The fraction of sp³-hybridized carbons (Fsp3) is 0.611. The first-order chi connectivity index (χ1) is 11.1.